The average Bonchev–Trinajstić information content (AvgIpc) is 2.89. The first-order chi connectivity index (χ1) is 16.5. The summed E-state index contributed by atoms with van der Waals surface area (Å²) >= 11 is 0. The highest BCUT2D eigenvalue weighted by Crippen LogP contribution is 2.32. The minimum Gasteiger partial charge on any atom is -0.497 e. The van der Waals surface area contributed by atoms with Crippen LogP contribution in [0, 0.1) is 0 Å². The third-order valence-corrected chi connectivity index (χ3v) is 5.40. The topological polar surface area (TPSA) is 75.0 Å². The summed E-state index contributed by atoms with van der Waals surface area (Å²) in [5.41, 5.74) is 2.36. The van der Waals surface area contributed by atoms with Crippen molar-refractivity contribution in [2.45, 2.75) is 13.3 Å². The van der Waals surface area contributed by atoms with E-state index in [-0.39, 0.29) is 11.5 Å². The number of esters is 1. The van der Waals surface area contributed by atoms with Gasteiger partial charge in [0.1, 0.15) is 17.1 Å². The lowest BCUT2D eigenvalue weighted by molar-refractivity contribution is -0.129. The zero-order chi connectivity index (χ0) is 24.1. The molecule has 0 atom stereocenters. The fourth-order valence-corrected chi connectivity index (χ4v) is 3.48. The van der Waals surface area contributed by atoms with Crippen LogP contribution in [0.4, 0.5) is 0 Å². The van der Waals surface area contributed by atoms with E-state index in [4.69, 9.17) is 18.6 Å². The monoisotopic (exact) mass is 456 g/mol. The molecule has 0 aliphatic rings. The largest absolute Gasteiger partial charge is 0.497 e. The van der Waals surface area contributed by atoms with Crippen molar-refractivity contribution in [1.29, 1.82) is 0 Å². The van der Waals surface area contributed by atoms with Gasteiger partial charge in [-0.25, -0.2) is 4.79 Å². The fourth-order valence-electron chi connectivity index (χ4n) is 3.48. The van der Waals surface area contributed by atoms with Crippen molar-refractivity contribution >= 4 is 23.0 Å². The van der Waals surface area contributed by atoms with Crippen LogP contribution in [0.5, 0.6) is 17.2 Å². The van der Waals surface area contributed by atoms with Crippen LogP contribution in [0.15, 0.2) is 82.0 Å². The van der Waals surface area contributed by atoms with Crippen molar-refractivity contribution in [2.24, 2.45) is 0 Å². The van der Waals surface area contributed by atoms with E-state index in [2.05, 4.69) is 0 Å². The molecule has 4 aromatic rings. The molecule has 0 spiro atoms. The van der Waals surface area contributed by atoms with Gasteiger partial charge in [0.15, 0.2) is 5.76 Å². The maximum absolute atomic E-state index is 13.4. The lowest BCUT2D eigenvalue weighted by Gasteiger charge is -2.11. The molecule has 0 fully saturated rings. The molecule has 4 rings (SSSR count). The highest BCUT2D eigenvalue weighted by atomic mass is 16.5. The van der Waals surface area contributed by atoms with Gasteiger partial charge in [0, 0.05) is 11.6 Å². The molecule has 0 radical (unpaired) electrons. The molecule has 0 bridgehead atoms. The van der Waals surface area contributed by atoms with Crippen molar-refractivity contribution < 1.29 is 23.4 Å². The molecule has 0 aliphatic heterocycles. The molecule has 6 nitrogen and oxygen atoms in total. The standard InChI is InChI=1S/C28H24O6/c1-4-18-7-15-24-23(17-18)26(30)28(27(33-24)20-9-13-22(32-3)14-10-20)34-25(29)16-8-19-5-11-21(31-2)12-6-19/h5-17H,4H2,1-3H3/b16-8+. The van der Waals surface area contributed by atoms with Gasteiger partial charge < -0.3 is 18.6 Å². The maximum atomic E-state index is 13.4. The summed E-state index contributed by atoms with van der Waals surface area (Å²) < 4.78 is 22.0. The zero-order valence-electron chi connectivity index (χ0n) is 19.2. The number of benzene rings is 3. The molecule has 3 aromatic carbocycles. The molecule has 6 heteroatoms. The Morgan fingerprint density at radius 1 is 0.912 bits per heavy atom. The SMILES string of the molecule is CCc1ccc2oc(-c3ccc(OC)cc3)c(OC(=O)/C=C/c3ccc(OC)cc3)c(=O)c2c1. The fraction of sp³-hybridized carbons (Fsp3) is 0.143. The third kappa shape index (κ3) is 4.86. The summed E-state index contributed by atoms with van der Waals surface area (Å²) in [6.45, 7) is 2.00. The van der Waals surface area contributed by atoms with Crippen LogP contribution >= 0.6 is 0 Å². The summed E-state index contributed by atoms with van der Waals surface area (Å²) in [5.74, 6) is 0.694. The first kappa shape index (κ1) is 22.9. The van der Waals surface area contributed by atoms with Gasteiger partial charge in [0.25, 0.3) is 0 Å². The average molecular weight is 456 g/mol. The van der Waals surface area contributed by atoms with Crippen molar-refractivity contribution in [3.05, 3.63) is 94.2 Å². The molecule has 34 heavy (non-hydrogen) atoms. The lowest BCUT2D eigenvalue weighted by atomic mass is 10.1. The van der Waals surface area contributed by atoms with E-state index in [1.165, 1.54) is 6.08 Å². The van der Waals surface area contributed by atoms with Gasteiger partial charge >= 0.3 is 5.97 Å². The van der Waals surface area contributed by atoms with E-state index < -0.39 is 11.4 Å². The van der Waals surface area contributed by atoms with Crippen LogP contribution in [0.1, 0.15) is 18.1 Å². The van der Waals surface area contributed by atoms with Gasteiger partial charge in [-0.1, -0.05) is 25.1 Å². The summed E-state index contributed by atoms with van der Waals surface area (Å²) in [6, 6.07) is 19.6. The van der Waals surface area contributed by atoms with Crippen molar-refractivity contribution in [3.63, 3.8) is 0 Å². The number of rotatable bonds is 7. The Balaban J connectivity index is 1.74. The van der Waals surface area contributed by atoms with E-state index in [0.717, 1.165) is 17.5 Å². The Morgan fingerprint density at radius 2 is 1.56 bits per heavy atom. The smallest absolute Gasteiger partial charge is 0.336 e. The van der Waals surface area contributed by atoms with Gasteiger partial charge in [-0.15, -0.1) is 0 Å². The van der Waals surface area contributed by atoms with Gasteiger partial charge in [-0.3, -0.25) is 4.79 Å². The van der Waals surface area contributed by atoms with E-state index in [0.29, 0.717) is 28.0 Å². The second kappa shape index (κ2) is 10.1. The minimum atomic E-state index is -0.691. The van der Waals surface area contributed by atoms with E-state index in [1.807, 2.05) is 25.1 Å². The molecule has 1 heterocycles. The highest BCUT2D eigenvalue weighted by molar-refractivity contribution is 5.91. The molecule has 0 N–H and O–H groups in total. The van der Waals surface area contributed by atoms with Gasteiger partial charge in [0.05, 0.1) is 19.6 Å². The van der Waals surface area contributed by atoms with Crippen LogP contribution in [-0.4, -0.2) is 20.2 Å². The Bertz CT molecular complexity index is 1400. The first-order valence-corrected chi connectivity index (χ1v) is 10.8. The Kier molecular flexibility index (Phi) is 6.78. The minimum absolute atomic E-state index is 0.157. The molecular weight excluding hydrogens is 432 g/mol. The van der Waals surface area contributed by atoms with Crippen LogP contribution in [-0.2, 0) is 11.2 Å². The molecule has 0 saturated heterocycles. The van der Waals surface area contributed by atoms with Gasteiger partial charge in [-0.05, 0) is 72.2 Å². The van der Waals surface area contributed by atoms with Crippen LogP contribution in [0.3, 0.4) is 0 Å². The summed E-state index contributed by atoms with van der Waals surface area (Å²) in [7, 11) is 3.15. The van der Waals surface area contributed by atoms with E-state index in [9.17, 15) is 9.59 Å². The summed E-state index contributed by atoms with van der Waals surface area (Å²) in [5, 5.41) is 0.360. The normalized spacial score (nSPS) is 11.0. The molecule has 0 saturated carbocycles. The number of ether oxygens (including phenoxy) is 3. The lowest BCUT2D eigenvalue weighted by Crippen LogP contribution is -2.14. The molecule has 1 aromatic heterocycles. The third-order valence-electron chi connectivity index (χ3n) is 5.40. The van der Waals surface area contributed by atoms with Crippen LogP contribution in [0.2, 0.25) is 0 Å². The molecule has 0 unspecified atom stereocenters. The predicted molar refractivity (Wildman–Crippen MR) is 132 cm³/mol. The van der Waals surface area contributed by atoms with E-state index >= 15 is 0 Å². The highest BCUT2D eigenvalue weighted by Gasteiger charge is 2.20. The Labute approximate surface area is 197 Å². The molecular formula is C28H24O6. The second-order valence-corrected chi connectivity index (χ2v) is 7.53. The van der Waals surface area contributed by atoms with Crippen LogP contribution in [0.25, 0.3) is 28.4 Å². The van der Waals surface area contributed by atoms with Crippen molar-refractivity contribution in [2.75, 3.05) is 14.2 Å². The van der Waals surface area contributed by atoms with Crippen molar-refractivity contribution in [1.82, 2.24) is 0 Å². The van der Waals surface area contributed by atoms with Gasteiger partial charge in [-0.2, -0.15) is 0 Å². The Morgan fingerprint density at radius 3 is 2.18 bits per heavy atom. The molecule has 0 aliphatic carbocycles. The van der Waals surface area contributed by atoms with Gasteiger partial charge in [0.2, 0.25) is 11.2 Å². The number of fused-ring (bicyclic) bond motifs is 1. The first-order valence-electron chi connectivity index (χ1n) is 10.8. The van der Waals surface area contributed by atoms with E-state index in [1.54, 1.807) is 68.8 Å². The summed E-state index contributed by atoms with van der Waals surface area (Å²) in [4.78, 5) is 26.1. The molecule has 172 valence electrons. The molecule has 0 amide bonds. The number of aryl methyl sites for hydroxylation is 1. The zero-order valence-corrected chi connectivity index (χ0v) is 19.2. The number of carbonyl (C=O) groups excluding carboxylic acids is 1. The maximum Gasteiger partial charge on any atom is 0.336 e. The van der Waals surface area contributed by atoms with Crippen molar-refractivity contribution in [3.8, 4) is 28.6 Å². The quantitative estimate of drug-likeness (QED) is 0.264. The van der Waals surface area contributed by atoms with Crippen LogP contribution < -0.4 is 19.6 Å². The number of methoxy groups -OCH3 is 2. The number of hydrogen-bond acceptors (Lipinski definition) is 6. The Hall–Kier alpha value is -4.32. The predicted octanol–water partition coefficient (Wildman–Crippen LogP) is 5.66. The number of hydrogen-bond donors (Lipinski definition) is 0. The second-order valence-electron chi connectivity index (χ2n) is 7.53. The number of carbonyl (C=O) groups is 1. The summed E-state index contributed by atoms with van der Waals surface area (Å²) in [6.07, 6.45) is 3.63.